The average molecular weight is 318 g/mol. The molecule has 0 saturated carbocycles. The van der Waals surface area contributed by atoms with Gasteiger partial charge in [0.25, 0.3) is 0 Å². The van der Waals surface area contributed by atoms with Gasteiger partial charge in [0, 0.05) is 18.5 Å². The summed E-state index contributed by atoms with van der Waals surface area (Å²) in [6.45, 7) is 3.31. The van der Waals surface area contributed by atoms with Crippen LogP contribution >= 0.6 is 11.3 Å². The van der Waals surface area contributed by atoms with E-state index in [0.29, 0.717) is 19.6 Å². The van der Waals surface area contributed by atoms with Gasteiger partial charge in [-0.25, -0.2) is 13.2 Å². The van der Waals surface area contributed by atoms with Crippen LogP contribution in [-0.4, -0.2) is 45.4 Å². The van der Waals surface area contributed by atoms with Crippen LogP contribution in [0.1, 0.15) is 23.0 Å². The van der Waals surface area contributed by atoms with Crippen LogP contribution in [0.2, 0.25) is 0 Å². The molecule has 2 rings (SSSR count). The van der Waals surface area contributed by atoms with Crippen molar-refractivity contribution in [2.24, 2.45) is 11.1 Å². The molecule has 2 heterocycles. The van der Waals surface area contributed by atoms with Crippen molar-refractivity contribution in [3.8, 4) is 0 Å². The number of rotatable bonds is 4. The molecule has 0 bridgehead atoms. The van der Waals surface area contributed by atoms with E-state index in [2.05, 4.69) is 4.74 Å². The van der Waals surface area contributed by atoms with Crippen molar-refractivity contribution in [1.29, 1.82) is 0 Å². The van der Waals surface area contributed by atoms with E-state index >= 15 is 0 Å². The van der Waals surface area contributed by atoms with E-state index in [9.17, 15) is 13.2 Å². The highest BCUT2D eigenvalue weighted by Crippen LogP contribution is 2.33. The second-order valence-corrected chi connectivity index (χ2v) is 8.09. The number of methoxy groups -OCH3 is 1. The molecule has 2 N–H and O–H groups in total. The largest absolute Gasteiger partial charge is 0.465 e. The van der Waals surface area contributed by atoms with Crippen molar-refractivity contribution in [3.63, 3.8) is 0 Å². The first-order chi connectivity index (χ1) is 9.32. The van der Waals surface area contributed by atoms with Gasteiger partial charge in [-0.1, -0.05) is 6.92 Å². The predicted octanol–water partition coefficient (Wildman–Crippen LogP) is 0.894. The summed E-state index contributed by atoms with van der Waals surface area (Å²) in [5.74, 6) is -0.523. The van der Waals surface area contributed by atoms with Gasteiger partial charge in [0.05, 0.1) is 12.0 Å². The molecule has 0 aliphatic carbocycles. The SMILES string of the molecule is COC(=O)c1cc(S(=O)(=O)N2CCC(C)(CN)C2)cs1. The van der Waals surface area contributed by atoms with Gasteiger partial charge >= 0.3 is 5.97 Å². The molecule has 112 valence electrons. The Balaban J connectivity index is 2.23. The van der Waals surface area contributed by atoms with Crippen molar-refractivity contribution < 1.29 is 17.9 Å². The Kier molecular flexibility index (Phi) is 4.19. The Hall–Kier alpha value is -0.960. The number of nitrogens with zero attached hydrogens (tertiary/aromatic N) is 1. The van der Waals surface area contributed by atoms with E-state index in [1.165, 1.54) is 22.9 Å². The highest BCUT2D eigenvalue weighted by molar-refractivity contribution is 7.89. The molecule has 0 aromatic carbocycles. The van der Waals surface area contributed by atoms with E-state index < -0.39 is 16.0 Å². The van der Waals surface area contributed by atoms with E-state index in [1.807, 2.05) is 6.92 Å². The summed E-state index contributed by atoms with van der Waals surface area (Å²) in [5.41, 5.74) is 5.52. The maximum absolute atomic E-state index is 12.5. The fourth-order valence-corrected chi connectivity index (χ4v) is 4.93. The maximum Gasteiger partial charge on any atom is 0.348 e. The molecule has 1 aliphatic heterocycles. The summed E-state index contributed by atoms with van der Waals surface area (Å²) >= 11 is 1.07. The number of thiophene rings is 1. The third-order valence-electron chi connectivity index (χ3n) is 3.62. The first kappa shape index (κ1) is 15.4. The zero-order chi connectivity index (χ0) is 15.0. The molecule has 1 fully saturated rings. The second kappa shape index (κ2) is 5.44. The standard InChI is InChI=1S/C12H18N2O4S2/c1-12(7-13)3-4-14(8-12)20(16,17)9-5-10(19-6-9)11(15)18-2/h5-6H,3-4,7-8,13H2,1-2H3. The van der Waals surface area contributed by atoms with Crippen molar-refractivity contribution in [2.45, 2.75) is 18.2 Å². The second-order valence-electron chi connectivity index (χ2n) is 5.24. The molecule has 6 nitrogen and oxygen atoms in total. The van der Waals surface area contributed by atoms with Crippen LogP contribution in [0.25, 0.3) is 0 Å². The lowest BCUT2D eigenvalue weighted by molar-refractivity contribution is 0.0606. The number of carbonyl (C=O) groups excluding carboxylic acids is 1. The summed E-state index contributed by atoms with van der Waals surface area (Å²) in [6.07, 6.45) is 0.747. The normalized spacial score (nSPS) is 23.9. The topological polar surface area (TPSA) is 89.7 Å². The third kappa shape index (κ3) is 2.73. The molecule has 1 atom stereocenters. The summed E-state index contributed by atoms with van der Waals surface area (Å²) in [5, 5.41) is 1.47. The van der Waals surface area contributed by atoms with Crippen LogP contribution < -0.4 is 5.73 Å². The number of esters is 1. The van der Waals surface area contributed by atoms with Gasteiger partial charge in [0.15, 0.2) is 0 Å². The van der Waals surface area contributed by atoms with Crippen LogP contribution in [0.5, 0.6) is 0 Å². The quantitative estimate of drug-likeness (QED) is 0.833. The molecule has 0 amide bonds. The maximum atomic E-state index is 12.5. The molecule has 0 radical (unpaired) electrons. The zero-order valence-electron chi connectivity index (χ0n) is 11.5. The first-order valence-electron chi connectivity index (χ1n) is 6.19. The minimum absolute atomic E-state index is 0.143. The molecule has 8 heteroatoms. The molecule has 1 unspecified atom stereocenters. The lowest BCUT2D eigenvalue weighted by Gasteiger charge is -2.22. The predicted molar refractivity (Wildman–Crippen MR) is 76.2 cm³/mol. The summed E-state index contributed by atoms with van der Waals surface area (Å²) in [4.78, 5) is 11.8. The molecule has 20 heavy (non-hydrogen) atoms. The van der Waals surface area contributed by atoms with Crippen molar-refractivity contribution in [1.82, 2.24) is 4.31 Å². The Morgan fingerprint density at radius 2 is 2.30 bits per heavy atom. The van der Waals surface area contributed by atoms with E-state index in [0.717, 1.165) is 17.8 Å². The Morgan fingerprint density at radius 1 is 1.60 bits per heavy atom. The molecule has 1 saturated heterocycles. The highest BCUT2D eigenvalue weighted by atomic mass is 32.2. The third-order valence-corrected chi connectivity index (χ3v) is 6.50. The van der Waals surface area contributed by atoms with Crippen LogP contribution in [-0.2, 0) is 14.8 Å². The molecule has 1 aromatic rings. The van der Waals surface area contributed by atoms with Crippen LogP contribution in [0.15, 0.2) is 16.3 Å². The van der Waals surface area contributed by atoms with Crippen LogP contribution in [0.4, 0.5) is 0 Å². The number of hydrogen-bond donors (Lipinski definition) is 1. The smallest absolute Gasteiger partial charge is 0.348 e. The summed E-state index contributed by atoms with van der Waals surface area (Å²) in [6, 6.07) is 1.37. The number of hydrogen-bond acceptors (Lipinski definition) is 6. The highest BCUT2D eigenvalue weighted by Gasteiger charge is 2.39. The van der Waals surface area contributed by atoms with E-state index in [-0.39, 0.29) is 15.2 Å². The Labute approximate surface area is 122 Å². The summed E-state index contributed by atoms with van der Waals surface area (Å²) in [7, 11) is -2.29. The van der Waals surface area contributed by atoms with Crippen LogP contribution in [0.3, 0.4) is 0 Å². The lowest BCUT2D eigenvalue weighted by atomic mass is 9.90. The number of nitrogens with two attached hydrogens (primary N) is 1. The molecule has 1 aromatic heterocycles. The van der Waals surface area contributed by atoms with E-state index in [4.69, 9.17) is 5.73 Å². The fraction of sp³-hybridized carbons (Fsp3) is 0.583. The minimum atomic E-state index is -3.56. The molecule has 0 spiro atoms. The van der Waals surface area contributed by atoms with Crippen molar-refractivity contribution in [2.75, 3.05) is 26.7 Å². The Morgan fingerprint density at radius 3 is 2.85 bits per heavy atom. The van der Waals surface area contributed by atoms with E-state index in [1.54, 1.807) is 0 Å². The monoisotopic (exact) mass is 318 g/mol. The van der Waals surface area contributed by atoms with Gasteiger partial charge < -0.3 is 10.5 Å². The number of ether oxygens (including phenoxy) is 1. The zero-order valence-corrected chi connectivity index (χ0v) is 13.1. The fourth-order valence-electron chi connectivity index (χ4n) is 2.16. The van der Waals surface area contributed by atoms with Crippen molar-refractivity contribution >= 4 is 27.3 Å². The average Bonchev–Trinajstić information content (AvgIpc) is 3.05. The van der Waals surface area contributed by atoms with Crippen molar-refractivity contribution in [3.05, 3.63) is 16.3 Å². The summed E-state index contributed by atoms with van der Waals surface area (Å²) < 4.78 is 31.0. The molecule has 1 aliphatic rings. The number of carbonyl (C=O) groups is 1. The minimum Gasteiger partial charge on any atom is -0.465 e. The van der Waals surface area contributed by atoms with Crippen LogP contribution in [0, 0.1) is 5.41 Å². The molecular formula is C12H18N2O4S2. The van der Waals surface area contributed by atoms with Gasteiger partial charge in [-0.2, -0.15) is 4.31 Å². The van der Waals surface area contributed by atoms with Gasteiger partial charge in [-0.15, -0.1) is 11.3 Å². The lowest BCUT2D eigenvalue weighted by Crippen LogP contribution is -2.34. The first-order valence-corrected chi connectivity index (χ1v) is 8.51. The van der Waals surface area contributed by atoms with Gasteiger partial charge in [-0.3, -0.25) is 0 Å². The molecular weight excluding hydrogens is 300 g/mol. The number of sulfonamides is 1. The van der Waals surface area contributed by atoms with Gasteiger partial charge in [0.1, 0.15) is 4.88 Å². The van der Waals surface area contributed by atoms with Gasteiger partial charge in [-0.05, 0) is 24.4 Å². The Bertz CT molecular complexity index is 611. The van der Waals surface area contributed by atoms with Gasteiger partial charge in [0.2, 0.25) is 10.0 Å².